The van der Waals surface area contributed by atoms with E-state index >= 15 is 0 Å². The zero-order valence-electron chi connectivity index (χ0n) is 17.1. The Balaban J connectivity index is 1.54. The van der Waals surface area contributed by atoms with Crippen LogP contribution >= 0.6 is 23.2 Å². The number of ether oxygens (including phenoxy) is 1. The highest BCUT2D eigenvalue weighted by Crippen LogP contribution is 2.52. The molecule has 0 radical (unpaired) electrons. The number of alkyl halides is 3. The predicted octanol–water partition coefficient (Wildman–Crippen LogP) is 1.01. The summed E-state index contributed by atoms with van der Waals surface area (Å²) in [5.41, 5.74) is 5.94. The third-order valence-corrected chi connectivity index (χ3v) is 6.82. The van der Waals surface area contributed by atoms with E-state index in [0.29, 0.717) is 17.3 Å². The number of aromatic nitrogens is 2. The summed E-state index contributed by atoms with van der Waals surface area (Å²) in [5, 5.41) is 7.34. The lowest BCUT2D eigenvalue weighted by Crippen LogP contribution is -2.52. The van der Waals surface area contributed by atoms with Crippen molar-refractivity contribution >= 4 is 51.8 Å². The molecule has 1 aliphatic heterocycles. The lowest BCUT2D eigenvalue weighted by atomic mass is 10.1. The first-order chi connectivity index (χ1) is 15.1. The summed E-state index contributed by atoms with van der Waals surface area (Å²) in [6, 6.07) is 5.63. The van der Waals surface area contributed by atoms with Crippen molar-refractivity contribution in [1.82, 2.24) is 20.0 Å². The number of carbonyl (C=O) groups is 3. The molecule has 4 rings (SSSR count). The molecule has 1 aromatic carbocycles. The van der Waals surface area contributed by atoms with Gasteiger partial charge in [-0.25, -0.2) is 4.39 Å². The van der Waals surface area contributed by atoms with Gasteiger partial charge in [-0.1, -0.05) is 18.2 Å². The van der Waals surface area contributed by atoms with Gasteiger partial charge in [0.05, 0.1) is 12.1 Å². The number of methoxy groups -OCH3 is 1. The molecule has 3 N–H and O–H groups in total. The zero-order chi connectivity index (χ0) is 23.2. The average molecular weight is 486 g/mol. The molecule has 0 bridgehead atoms. The van der Waals surface area contributed by atoms with Crippen molar-refractivity contribution in [2.45, 2.75) is 35.6 Å². The van der Waals surface area contributed by atoms with Gasteiger partial charge >= 0.3 is 0 Å². The first-order valence-corrected chi connectivity index (χ1v) is 10.8. The van der Waals surface area contributed by atoms with Crippen LogP contribution in [0, 0.1) is 5.92 Å². The van der Waals surface area contributed by atoms with E-state index in [1.54, 1.807) is 24.3 Å². The van der Waals surface area contributed by atoms with Crippen molar-refractivity contribution < 1.29 is 23.5 Å². The van der Waals surface area contributed by atoms with Crippen LogP contribution in [0.3, 0.4) is 0 Å². The number of para-hydroxylation sites is 1. The highest BCUT2D eigenvalue weighted by atomic mass is 35.5. The molecule has 2 heterocycles. The molecule has 1 unspecified atom stereocenters. The van der Waals surface area contributed by atoms with Crippen LogP contribution < -0.4 is 11.1 Å². The molecule has 172 valence electrons. The summed E-state index contributed by atoms with van der Waals surface area (Å²) in [4.78, 5) is 38.8. The monoisotopic (exact) mass is 485 g/mol. The molecule has 2 fully saturated rings. The largest absolute Gasteiger partial charge is 0.376 e. The SMILES string of the molecule is CO[C@H]1[C@@H](C(=O)NCC2CC2(Cl)Cl)N(C(=O)Cn2nc(C(N)=O)c3ccccc32)C[C@@H]1F. The Morgan fingerprint density at radius 2 is 2.03 bits per heavy atom. The molecule has 1 saturated heterocycles. The fraction of sp³-hybridized carbons (Fsp3) is 0.500. The molecule has 4 atom stereocenters. The van der Waals surface area contributed by atoms with E-state index in [1.165, 1.54) is 11.8 Å². The lowest BCUT2D eigenvalue weighted by molar-refractivity contribution is -0.141. The minimum Gasteiger partial charge on any atom is -0.376 e. The molecular weight excluding hydrogens is 464 g/mol. The van der Waals surface area contributed by atoms with E-state index in [0.717, 1.165) is 4.90 Å². The van der Waals surface area contributed by atoms with Crippen molar-refractivity contribution in [3.63, 3.8) is 0 Å². The topological polar surface area (TPSA) is 120 Å². The Kier molecular flexibility index (Phi) is 6.04. The van der Waals surface area contributed by atoms with Crippen LogP contribution in [-0.2, 0) is 20.9 Å². The molecular formula is C20H22Cl2FN5O4. The fourth-order valence-electron chi connectivity index (χ4n) is 4.07. The van der Waals surface area contributed by atoms with Crippen molar-refractivity contribution in [3.05, 3.63) is 30.0 Å². The molecule has 9 nitrogen and oxygen atoms in total. The Labute approximate surface area is 192 Å². The number of nitrogens with one attached hydrogen (secondary N) is 1. The summed E-state index contributed by atoms with van der Waals surface area (Å²) in [6.45, 7) is -0.408. The number of carbonyl (C=O) groups excluding carboxylic acids is 3. The highest BCUT2D eigenvalue weighted by Gasteiger charge is 2.53. The summed E-state index contributed by atoms with van der Waals surface area (Å²) in [6.07, 6.45) is -2.13. The third kappa shape index (κ3) is 4.14. The minimum atomic E-state index is -1.55. The number of likely N-dealkylation sites (tertiary alicyclic amines) is 1. The highest BCUT2D eigenvalue weighted by molar-refractivity contribution is 6.50. The second-order valence-electron chi connectivity index (χ2n) is 8.00. The van der Waals surface area contributed by atoms with E-state index in [-0.39, 0.29) is 31.2 Å². The van der Waals surface area contributed by atoms with Crippen LogP contribution in [0.1, 0.15) is 16.9 Å². The predicted molar refractivity (Wildman–Crippen MR) is 115 cm³/mol. The minimum absolute atomic E-state index is 0.0253. The van der Waals surface area contributed by atoms with E-state index in [9.17, 15) is 18.8 Å². The van der Waals surface area contributed by atoms with Gasteiger partial charge in [0.2, 0.25) is 11.8 Å². The van der Waals surface area contributed by atoms with Crippen molar-refractivity contribution in [3.8, 4) is 0 Å². The second-order valence-corrected chi connectivity index (χ2v) is 9.54. The molecule has 0 spiro atoms. The van der Waals surface area contributed by atoms with E-state index in [4.69, 9.17) is 33.7 Å². The van der Waals surface area contributed by atoms with Gasteiger partial charge in [0.15, 0.2) is 5.69 Å². The summed E-state index contributed by atoms with van der Waals surface area (Å²) < 4.78 is 20.3. The first-order valence-electron chi connectivity index (χ1n) is 10.0. The van der Waals surface area contributed by atoms with Crippen molar-refractivity contribution in [2.75, 3.05) is 20.2 Å². The number of nitrogens with two attached hydrogens (primary N) is 1. The number of benzene rings is 1. The lowest BCUT2D eigenvalue weighted by Gasteiger charge is -2.26. The van der Waals surface area contributed by atoms with Gasteiger partial charge < -0.3 is 20.7 Å². The Morgan fingerprint density at radius 1 is 1.34 bits per heavy atom. The number of nitrogens with zero attached hydrogens (tertiary/aromatic N) is 3. The Morgan fingerprint density at radius 3 is 2.66 bits per heavy atom. The maximum Gasteiger partial charge on any atom is 0.269 e. The van der Waals surface area contributed by atoms with Crippen LogP contribution in [0.15, 0.2) is 24.3 Å². The quantitative estimate of drug-likeness (QED) is 0.567. The molecule has 1 aliphatic carbocycles. The van der Waals surface area contributed by atoms with Crippen molar-refractivity contribution in [2.24, 2.45) is 11.7 Å². The van der Waals surface area contributed by atoms with Gasteiger partial charge in [0, 0.05) is 25.0 Å². The number of primary amides is 1. The maximum atomic E-state index is 14.6. The number of hydrogen-bond donors (Lipinski definition) is 2. The van der Waals surface area contributed by atoms with Crippen molar-refractivity contribution in [1.29, 1.82) is 0 Å². The van der Waals surface area contributed by atoms with Crippen LogP contribution in [0.4, 0.5) is 4.39 Å². The molecule has 2 aliphatic rings. The molecule has 2 aromatic rings. The summed E-state index contributed by atoms with van der Waals surface area (Å²) in [7, 11) is 1.29. The maximum absolute atomic E-state index is 14.6. The first kappa shape index (κ1) is 22.8. The number of rotatable bonds is 7. The van der Waals surface area contributed by atoms with E-state index < -0.39 is 40.4 Å². The molecule has 32 heavy (non-hydrogen) atoms. The standard InChI is InChI=1S/C20H22Cl2FN5O4/c1-32-17-12(23)8-27(16(17)19(31)25-7-10-6-20(10,21)22)14(29)9-28-13-5-3-2-4-11(13)15(26-28)18(24)30/h2-5,10,12,16-17H,6-9H2,1H3,(H2,24,30)(H,25,31)/t10?,12-,16-,17+/m0/s1. The average Bonchev–Trinajstić information content (AvgIpc) is 3.07. The number of amides is 3. The van der Waals surface area contributed by atoms with Gasteiger partial charge in [-0.15, -0.1) is 23.2 Å². The Bertz CT molecular complexity index is 1080. The molecule has 3 amide bonds. The van der Waals surface area contributed by atoms with Gasteiger partial charge in [0.25, 0.3) is 5.91 Å². The van der Waals surface area contributed by atoms with Gasteiger partial charge in [-0.05, 0) is 12.5 Å². The van der Waals surface area contributed by atoms with Crippen LogP contribution in [0.2, 0.25) is 0 Å². The van der Waals surface area contributed by atoms with Crippen LogP contribution in [0.25, 0.3) is 10.9 Å². The van der Waals surface area contributed by atoms with Gasteiger partial charge in [0.1, 0.15) is 29.2 Å². The zero-order valence-corrected chi connectivity index (χ0v) is 18.6. The van der Waals surface area contributed by atoms with Crippen LogP contribution in [0.5, 0.6) is 0 Å². The smallest absolute Gasteiger partial charge is 0.269 e. The Hall–Kier alpha value is -2.43. The van der Waals surface area contributed by atoms with E-state index in [1.807, 2.05) is 0 Å². The number of hydrogen-bond acceptors (Lipinski definition) is 5. The van der Waals surface area contributed by atoms with Gasteiger partial charge in [-0.3, -0.25) is 19.1 Å². The van der Waals surface area contributed by atoms with Gasteiger partial charge in [-0.2, -0.15) is 5.10 Å². The number of halogens is 3. The fourth-order valence-corrected chi connectivity index (χ4v) is 4.60. The third-order valence-electron chi connectivity index (χ3n) is 5.89. The summed E-state index contributed by atoms with van der Waals surface area (Å²) >= 11 is 12.0. The number of fused-ring (bicyclic) bond motifs is 1. The molecule has 1 aromatic heterocycles. The molecule has 12 heteroatoms. The summed E-state index contributed by atoms with van der Waals surface area (Å²) in [5.74, 6) is -1.94. The van der Waals surface area contributed by atoms with E-state index in [2.05, 4.69) is 10.4 Å². The second kappa shape index (κ2) is 8.49. The normalized spacial score (nSPS) is 26.3. The van der Waals surface area contributed by atoms with Crippen LogP contribution in [-0.4, -0.2) is 75.3 Å². The molecule has 1 saturated carbocycles.